The van der Waals surface area contributed by atoms with Gasteiger partial charge in [0.2, 0.25) is 0 Å². The van der Waals surface area contributed by atoms with Crippen LogP contribution in [0, 0.1) is 11.8 Å². The lowest BCUT2D eigenvalue weighted by molar-refractivity contribution is -0.0257. The zero-order valence-electron chi connectivity index (χ0n) is 9.54. The van der Waals surface area contributed by atoms with Gasteiger partial charge in [-0.2, -0.15) is 0 Å². The smallest absolute Gasteiger partial charge is 0.111 e. The Bertz CT molecular complexity index is 330. The van der Waals surface area contributed by atoms with Crippen molar-refractivity contribution >= 4 is 6.21 Å². The molecule has 1 unspecified atom stereocenters. The highest BCUT2D eigenvalue weighted by Crippen LogP contribution is 2.28. The van der Waals surface area contributed by atoms with E-state index in [4.69, 9.17) is 4.84 Å². The molecule has 2 heterocycles. The maximum absolute atomic E-state index is 5.64. The molecule has 0 amide bonds. The summed E-state index contributed by atoms with van der Waals surface area (Å²) in [6, 6.07) is 0. The number of nitrogens with zero attached hydrogens (tertiary/aromatic N) is 1. The lowest BCUT2D eigenvalue weighted by Crippen LogP contribution is -2.26. The van der Waals surface area contributed by atoms with Gasteiger partial charge in [-0.3, -0.25) is 9.83 Å². The first-order valence-corrected chi connectivity index (χ1v) is 5.97. The molecule has 0 saturated carbocycles. The first kappa shape index (κ1) is 11.4. The molecule has 1 fully saturated rings. The van der Waals surface area contributed by atoms with Crippen molar-refractivity contribution in [2.75, 3.05) is 6.54 Å². The van der Waals surface area contributed by atoms with Crippen molar-refractivity contribution in [3.8, 4) is 11.8 Å². The highest BCUT2D eigenvalue weighted by atomic mass is 16.7. The summed E-state index contributed by atoms with van der Waals surface area (Å²) in [5.41, 5.74) is 2.83. The minimum absolute atomic E-state index is 0.135. The third-order valence-corrected chi connectivity index (χ3v) is 2.97. The fourth-order valence-corrected chi connectivity index (χ4v) is 2.02. The van der Waals surface area contributed by atoms with E-state index < -0.39 is 0 Å². The first-order valence-electron chi connectivity index (χ1n) is 5.97. The van der Waals surface area contributed by atoms with Gasteiger partial charge in [0, 0.05) is 31.8 Å². The third kappa shape index (κ3) is 3.19. The molecule has 0 aromatic rings. The zero-order valence-corrected chi connectivity index (χ0v) is 9.54. The van der Waals surface area contributed by atoms with Crippen LogP contribution in [0.5, 0.6) is 0 Å². The molecular weight excluding hydrogens is 200 g/mol. The molecule has 0 aliphatic carbocycles. The monoisotopic (exact) mass is 218 g/mol. The summed E-state index contributed by atoms with van der Waals surface area (Å²) in [4.78, 5) is 9.85. The molecule has 3 nitrogen and oxygen atoms in total. The first-order chi connectivity index (χ1) is 7.91. The van der Waals surface area contributed by atoms with Crippen molar-refractivity contribution in [3.05, 3.63) is 12.3 Å². The normalized spacial score (nSPS) is 32.5. The van der Waals surface area contributed by atoms with Gasteiger partial charge < -0.3 is 0 Å². The van der Waals surface area contributed by atoms with E-state index in [-0.39, 0.29) is 5.60 Å². The Labute approximate surface area is 96.9 Å². The molecule has 86 valence electrons. The Kier molecular flexibility index (Phi) is 4.15. The van der Waals surface area contributed by atoms with Gasteiger partial charge >= 0.3 is 0 Å². The van der Waals surface area contributed by atoms with Crippen molar-refractivity contribution in [2.45, 2.75) is 44.1 Å². The molecule has 2 rings (SSSR count). The maximum Gasteiger partial charge on any atom is 0.111 e. The maximum atomic E-state index is 5.64. The van der Waals surface area contributed by atoms with Crippen LogP contribution in [0.15, 0.2) is 17.3 Å². The predicted octanol–water partition coefficient (Wildman–Crippen LogP) is 2.20. The predicted molar refractivity (Wildman–Crippen MR) is 64.9 cm³/mol. The van der Waals surface area contributed by atoms with E-state index in [0.29, 0.717) is 0 Å². The van der Waals surface area contributed by atoms with Crippen molar-refractivity contribution in [3.63, 3.8) is 0 Å². The molecular formula is C13H18N2O. The van der Waals surface area contributed by atoms with Crippen molar-refractivity contribution in [1.29, 1.82) is 0 Å². The number of hydroxylamine groups is 1. The second-order valence-corrected chi connectivity index (χ2v) is 4.22. The van der Waals surface area contributed by atoms with Gasteiger partial charge in [-0.15, -0.1) is 5.92 Å². The lowest BCUT2D eigenvalue weighted by atomic mass is 9.93. The fraction of sp³-hybridized carbons (Fsp3) is 0.615. The van der Waals surface area contributed by atoms with Gasteiger partial charge in [-0.1, -0.05) is 5.92 Å². The molecule has 1 saturated heterocycles. The Morgan fingerprint density at radius 3 is 3.12 bits per heavy atom. The van der Waals surface area contributed by atoms with Gasteiger partial charge in [-0.25, -0.2) is 5.48 Å². The van der Waals surface area contributed by atoms with E-state index in [2.05, 4.69) is 28.4 Å². The van der Waals surface area contributed by atoms with Gasteiger partial charge in [0.05, 0.1) is 0 Å². The minimum atomic E-state index is -0.135. The van der Waals surface area contributed by atoms with Gasteiger partial charge in [0.15, 0.2) is 0 Å². The minimum Gasteiger partial charge on any atom is -0.291 e. The van der Waals surface area contributed by atoms with Crippen LogP contribution in [0.4, 0.5) is 0 Å². The topological polar surface area (TPSA) is 33.6 Å². The third-order valence-electron chi connectivity index (χ3n) is 2.97. The van der Waals surface area contributed by atoms with Gasteiger partial charge in [0.1, 0.15) is 5.60 Å². The van der Waals surface area contributed by atoms with E-state index in [0.717, 1.165) is 45.1 Å². The quantitative estimate of drug-likeness (QED) is 0.632. The molecule has 1 atom stereocenters. The van der Waals surface area contributed by atoms with Gasteiger partial charge in [0.25, 0.3) is 0 Å². The van der Waals surface area contributed by atoms with E-state index in [1.807, 2.05) is 12.4 Å². The van der Waals surface area contributed by atoms with E-state index in [9.17, 15) is 0 Å². The Morgan fingerprint density at radius 1 is 1.25 bits per heavy atom. The van der Waals surface area contributed by atoms with Gasteiger partial charge in [-0.05, 0) is 31.8 Å². The average molecular weight is 218 g/mol. The summed E-state index contributed by atoms with van der Waals surface area (Å²) in [5, 5.41) is 0. The van der Waals surface area contributed by atoms with Crippen molar-refractivity contribution in [1.82, 2.24) is 5.48 Å². The number of nitrogens with one attached hydrogen (secondary N) is 1. The van der Waals surface area contributed by atoms with E-state index >= 15 is 0 Å². The second-order valence-electron chi connectivity index (χ2n) is 4.22. The SMILES string of the molecule is C1#CCCCCC2(/C=C\N=CC1)CCNO2. The summed E-state index contributed by atoms with van der Waals surface area (Å²) in [7, 11) is 0. The summed E-state index contributed by atoms with van der Waals surface area (Å²) in [5.74, 6) is 6.25. The lowest BCUT2D eigenvalue weighted by Gasteiger charge is -2.22. The highest BCUT2D eigenvalue weighted by Gasteiger charge is 2.32. The van der Waals surface area contributed by atoms with Crippen LogP contribution in [-0.2, 0) is 4.84 Å². The number of hydrogen-bond acceptors (Lipinski definition) is 3. The zero-order chi connectivity index (χ0) is 11.1. The van der Waals surface area contributed by atoms with Crippen molar-refractivity contribution in [2.24, 2.45) is 4.99 Å². The molecule has 0 bridgehead atoms. The summed E-state index contributed by atoms with van der Waals surface area (Å²) in [6.07, 6.45) is 11.9. The van der Waals surface area contributed by atoms with Crippen LogP contribution in [0.3, 0.4) is 0 Å². The second kappa shape index (κ2) is 5.83. The average Bonchev–Trinajstić information content (AvgIpc) is 2.73. The number of hydrogen-bond donors (Lipinski definition) is 1. The molecule has 0 aromatic heterocycles. The standard InChI is InChI=1S/C13H18N2O/c1-2-4-6-10-14-11-8-13(7-5-3-1)9-12-15-16-13/h8,10-11,15H,1,3,5-7,9,12H2/b11-8-,14-10?. The molecule has 3 heteroatoms. The van der Waals surface area contributed by atoms with Crippen LogP contribution < -0.4 is 5.48 Å². The molecule has 1 N–H and O–H groups in total. The largest absolute Gasteiger partial charge is 0.291 e. The highest BCUT2D eigenvalue weighted by molar-refractivity contribution is 5.61. The van der Waals surface area contributed by atoms with Crippen molar-refractivity contribution < 1.29 is 4.84 Å². The van der Waals surface area contributed by atoms with Crippen LogP contribution in [0.1, 0.15) is 38.5 Å². The fourth-order valence-electron chi connectivity index (χ4n) is 2.02. The molecule has 2 aliphatic rings. The number of aliphatic imine (C=N–C) groups is 1. The molecule has 0 radical (unpaired) electrons. The van der Waals surface area contributed by atoms with E-state index in [1.165, 1.54) is 0 Å². The van der Waals surface area contributed by atoms with Crippen LogP contribution in [0.25, 0.3) is 0 Å². The molecule has 1 spiro atoms. The summed E-state index contributed by atoms with van der Waals surface area (Å²) in [6.45, 7) is 0.924. The Hall–Kier alpha value is -1.11. The summed E-state index contributed by atoms with van der Waals surface area (Å²) < 4.78 is 0. The Morgan fingerprint density at radius 2 is 2.25 bits per heavy atom. The van der Waals surface area contributed by atoms with Crippen LogP contribution >= 0.6 is 0 Å². The number of rotatable bonds is 0. The van der Waals surface area contributed by atoms with Crippen LogP contribution in [0.2, 0.25) is 0 Å². The molecule has 16 heavy (non-hydrogen) atoms. The summed E-state index contributed by atoms with van der Waals surface area (Å²) >= 11 is 0. The Balaban J connectivity index is 2.02. The molecule has 2 aliphatic heterocycles. The van der Waals surface area contributed by atoms with Crippen LogP contribution in [-0.4, -0.2) is 18.4 Å². The van der Waals surface area contributed by atoms with E-state index in [1.54, 1.807) is 0 Å². The molecule has 0 aromatic carbocycles.